The van der Waals surface area contributed by atoms with Gasteiger partial charge in [0.1, 0.15) is 5.60 Å². The minimum Gasteiger partial charge on any atom is -0.489 e. The van der Waals surface area contributed by atoms with Crippen molar-refractivity contribution < 1.29 is 18.8 Å². The van der Waals surface area contributed by atoms with E-state index in [0.29, 0.717) is 11.8 Å². The molecule has 1 amide bonds. The van der Waals surface area contributed by atoms with Crippen LogP contribution in [-0.4, -0.2) is 41.4 Å². The third-order valence-electron chi connectivity index (χ3n) is 6.26. The molecular weight excluding hydrogens is 404 g/mol. The van der Waals surface area contributed by atoms with Gasteiger partial charge in [-0.1, -0.05) is 23.4 Å². The maximum Gasteiger partial charge on any atom is 0.410 e. The van der Waals surface area contributed by atoms with Gasteiger partial charge in [-0.2, -0.15) is 0 Å². The number of aromatic nitrogens is 1. The number of hydrogen-bond donors (Lipinski definition) is 0. The minimum absolute atomic E-state index is 0.200. The fraction of sp³-hybridized carbons (Fsp3) is 0.615. The number of hydrogen-bond acceptors (Lipinski definition) is 5. The highest BCUT2D eigenvalue weighted by Crippen LogP contribution is 2.36. The second-order valence-electron chi connectivity index (χ2n) is 10.2. The average molecular weight is 441 g/mol. The minimum atomic E-state index is -0.448. The molecule has 2 aromatic rings. The first-order chi connectivity index (χ1) is 15.3. The zero-order valence-corrected chi connectivity index (χ0v) is 19.9. The van der Waals surface area contributed by atoms with Gasteiger partial charge in [0.15, 0.2) is 5.75 Å². The van der Waals surface area contributed by atoms with Gasteiger partial charge in [0.2, 0.25) is 5.58 Å². The van der Waals surface area contributed by atoms with Crippen molar-refractivity contribution in [3.8, 4) is 5.75 Å². The quantitative estimate of drug-likeness (QED) is 0.511. The smallest absolute Gasteiger partial charge is 0.410 e. The Kier molecular flexibility index (Phi) is 6.77. The van der Waals surface area contributed by atoms with Gasteiger partial charge in [-0.3, -0.25) is 0 Å². The van der Waals surface area contributed by atoms with Gasteiger partial charge in [0.25, 0.3) is 0 Å². The van der Waals surface area contributed by atoms with Gasteiger partial charge in [-0.05, 0) is 84.1 Å². The molecule has 6 heteroatoms. The predicted molar refractivity (Wildman–Crippen MR) is 126 cm³/mol. The SMILES string of the molecule is CC=Cc1ccc2c(CCC3CCN(C(=O)OC(C)(C)C)CC3)noc2c1OCC1CC1. The Morgan fingerprint density at radius 2 is 1.94 bits per heavy atom. The Labute approximate surface area is 190 Å². The van der Waals surface area contributed by atoms with E-state index >= 15 is 0 Å². The molecule has 1 aliphatic carbocycles. The first kappa shape index (κ1) is 22.7. The molecule has 2 heterocycles. The molecule has 6 nitrogen and oxygen atoms in total. The van der Waals surface area contributed by atoms with Crippen molar-refractivity contribution in [1.29, 1.82) is 0 Å². The third-order valence-corrected chi connectivity index (χ3v) is 6.26. The largest absolute Gasteiger partial charge is 0.489 e. The van der Waals surface area contributed by atoms with E-state index < -0.39 is 5.60 Å². The molecule has 32 heavy (non-hydrogen) atoms. The summed E-state index contributed by atoms with van der Waals surface area (Å²) in [4.78, 5) is 14.1. The van der Waals surface area contributed by atoms with Crippen LogP contribution < -0.4 is 4.74 Å². The molecule has 0 radical (unpaired) electrons. The molecule has 0 spiro atoms. The molecule has 4 rings (SSSR count). The summed E-state index contributed by atoms with van der Waals surface area (Å²) in [6, 6.07) is 4.20. The Hall–Kier alpha value is -2.50. The number of aryl methyl sites for hydroxylation is 1. The fourth-order valence-electron chi connectivity index (χ4n) is 4.24. The molecule has 2 aliphatic rings. The van der Waals surface area contributed by atoms with Crippen molar-refractivity contribution in [2.24, 2.45) is 11.8 Å². The molecule has 0 N–H and O–H groups in total. The van der Waals surface area contributed by atoms with Crippen LogP contribution in [0.5, 0.6) is 5.75 Å². The number of ether oxygens (including phenoxy) is 2. The number of fused-ring (bicyclic) bond motifs is 1. The van der Waals surface area contributed by atoms with E-state index in [1.165, 1.54) is 12.8 Å². The van der Waals surface area contributed by atoms with Crippen molar-refractivity contribution in [3.63, 3.8) is 0 Å². The van der Waals surface area contributed by atoms with Crippen molar-refractivity contribution in [2.45, 2.75) is 71.8 Å². The highest BCUT2D eigenvalue weighted by atomic mass is 16.6. The molecule has 174 valence electrons. The molecule has 0 bridgehead atoms. The van der Waals surface area contributed by atoms with E-state index in [4.69, 9.17) is 14.0 Å². The normalized spacial score (nSPS) is 17.9. The monoisotopic (exact) mass is 440 g/mol. The van der Waals surface area contributed by atoms with E-state index in [0.717, 1.165) is 73.4 Å². The van der Waals surface area contributed by atoms with E-state index in [1.807, 2.05) is 38.7 Å². The maximum absolute atomic E-state index is 12.3. The number of piperidine rings is 1. The Balaban J connectivity index is 1.37. The van der Waals surface area contributed by atoms with E-state index in [1.54, 1.807) is 0 Å². The van der Waals surface area contributed by atoms with Crippen molar-refractivity contribution >= 4 is 23.1 Å². The number of likely N-dealkylation sites (tertiary alicyclic amines) is 1. The molecule has 1 aromatic carbocycles. The lowest BCUT2D eigenvalue weighted by Gasteiger charge is -2.33. The van der Waals surface area contributed by atoms with Crippen LogP contribution in [0.4, 0.5) is 4.79 Å². The highest BCUT2D eigenvalue weighted by Gasteiger charge is 2.27. The number of carbonyl (C=O) groups is 1. The molecule has 1 saturated carbocycles. The van der Waals surface area contributed by atoms with E-state index in [9.17, 15) is 4.79 Å². The summed E-state index contributed by atoms with van der Waals surface area (Å²) in [7, 11) is 0. The molecular formula is C26H36N2O4. The summed E-state index contributed by atoms with van der Waals surface area (Å²) in [5.41, 5.74) is 2.35. The van der Waals surface area contributed by atoms with Crippen LogP contribution in [0.15, 0.2) is 22.7 Å². The zero-order chi connectivity index (χ0) is 22.7. The predicted octanol–water partition coefficient (Wildman–Crippen LogP) is 6.23. The Morgan fingerprint density at radius 1 is 1.19 bits per heavy atom. The van der Waals surface area contributed by atoms with Crippen LogP contribution in [0.3, 0.4) is 0 Å². The Morgan fingerprint density at radius 3 is 2.59 bits per heavy atom. The van der Waals surface area contributed by atoms with Gasteiger partial charge in [0.05, 0.1) is 12.3 Å². The second-order valence-corrected chi connectivity index (χ2v) is 10.2. The van der Waals surface area contributed by atoms with Crippen LogP contribution >= 0.6 is 0 Å². The second kappa shape index (κ2) is 9.55. The molecule has 0 unspecified atom stereocenters. The third kappa shape index (κ3) is 5.64. The number of rotatable bonds is 7. The lowest BCUT2D eigenvalue weighted by atomic mass is 9.91. The summed E-state index contributed by atoms with van der Waals surface area (Å²) in [6.45, 7) is 9.98. The van der Waals surface area contributed by atoms with Crippen LogP contribution in [0.25, 0.3) is 17.0 Å². The zero-order valence-electron chi connectivity index (χ0n) is 19.9. The van der Waals surface area contributed by atoms with Crippen LogP contribution in [0.1, 0.15) is 71.1 Å². The number of allylic oxidation sites excluding steroid dienone is 1. The summed E-state index contributed by atoms with van der Waals surface area (Å²) in [6.07, 6.45) is 10.3. The molecule has 1 aromatic heterocycles. The van der Waals surface area contributed by atoms with Crippen molar-refractivity contribution in [2.75, 3.05) is 19.7 Å². The number of carbonyl (C=O) groups excluding carboxylic acids is 1. The summed E-state index contributed by atoms with van der Waals surface area (Å²) in [5.74, 6) is 2.07. The molecule has 1 aliphatic heterocycles. The number of benzene rings is 1. The topological polar surface area (TPSA) is 64.8 Å². The maximum atomic E-state index is 12.3. The molecule has 0 atom stereocenters. The van der Waals surface area contributed by atoms with Crippen LogP contribution in [-0.2, 0) is 11.2 Å². The number of amides is 1. The van der Waals surface area contributed by atoms with Gasteiger partial charge >= 0.3 is 6.09 Å². The average Bonchev–Trinajstić information content (AvgIpc) is 3.49. The summed E-state index contributed by atoms with van der Waals surface area (Å²) in [5, 5.41) is 5.46. The van der Waals surface area contributed by atoms with Gasteiger partial charge in [0, 0.05) is 24.0 Å². The van der Waals surface area contributed by atoms with Gasteiger partial charge < -0.3 is 18.9 Å². The lowest BCUT2D eigenvalue weighted by molar-refractivity contribution is 0.0181. The number of nitrogens with zero attached hydrogens (tertiary/aromatic N) is 2. The van der Waals surface area contributed by atoms with Crippen LogP contribution in [0.2, 0.25) is 0 Å². The Bertz CT molecular complexity index is 960. The molecule has 1 saturated heterocycles. The first-order valence-electron chi connectivity index (χ1n) is 12.0. The van der Waals surface area contributed by atoms with E-state index in [-0.39, 0.29) is 6.09 Å². The van der Waals surface area contributed by atoms with Crippen LogP contribution in [0, 0.1) is 11.8 Å². The fourth-order valence-corrected chi connectivity index (χ4v) is 4.24. The molecule has 2 fully saturated rings. The van der Waals surface area contributed by atoms with E-state index in [2.05, 4.69) is 23.4 Å². The van der Waals surface area contributed by atoms with Crippen molar-refractivity contribution in [3.05, 3.63) is 29.5 Å². The lowest BCUT2D eigenvalue weighted by Crippen LogP contribution is -2.41. The summed E-state index contributed by atoms with van der Waals surface area (Å²) < 4.78 is 17.4. The highest BCUT2D eigenvalue weighted by molar-refractivity contribution is 5.88. The summed E-state index contributed by atoms with van der Waals surface area (Å²) >= 11 is 0. The first-order valence-corrected chi connectivity index (χ1v) is 12.0. The van der Waals surface area contributed by atoms with Gasteiger partial charge in [-0.25, -0.2) is 4.79 Å². The van der Waals surface area contributed by atoms with Crippen molar-refractivity contribution in [1.82, 2.24) is 10.1 Å². The standard InChI is InChI=1S/C26H36N2O4/c1-5-6-20-10-11-21-22(27-32-24(21)23(20)30-17-19-7-8-19)12-9-18-13-15-28(16-14-18)25(29)31-26(2,3)4/h5-6,10-11,18-19H,7-9,12-17H2,1-4H3. The van der Waals surface area contributed by atoms with Gasteiger partial charge in [-0.15, -0.1) is 0 Å².